The summed E-state index contributed by atoms with van der Waals surface area (Å²) in [6.07, 6.45) is 0. The molecule has 0 fully saturated rings. The molecule has 4 aromatic heterocycles. The Morgan fingerprint density at radius 3 is 1.70 bits per heavy atom. The van der Waals surface area contributed by atoms with Gasteiger partial charge in [-0.25, -0.2) is 24.9 Å². The first-order valence-electron chi connectivity index (χ1n) is 20.1. The Bertz CT molecular complexity index is 3730. The first kappa shape index (κ1) is 33.9. The normalized spacial score (nSPS) is 11.9. The van der Waals surface area contributed by atoms with Gasteiger partial charge in [0.2, 0.25) is 5.89 Å². The second-order valence-corrected chi connectivity index (χ2v) is 16.2. The van der Waals surface area contributed by atoms with E-state index in [0.29, 0.717) is 28.9 Å². The smallest absolute Gasteiger partial charge is 0.227 e. The van der Waals surface area contributed by atoms with Crippen molar-refractivity contribution in [1.82, 2.24) is 24.9 Å². The summed E-state index contributed by atoms with van der Waals surface area (Å²) in [5.41, 5.74) is 8.22. The maximum absolute atomic E-state index is 6.38. The first-order chi connectivity index (χ1) is 30.2. The molecule has 0 aliphatic heterocycles. The van der Waals surface area contributed by atoms with Crippen molar-refractivity contribution in [1.29, 1.82) is 0 Å². The van der Waals surface area contributed by atoms with Crippen LogP contribution < -0.4 is 0 Å². The Hall–Kier alpha value is -8.07. The van der Waals surface area contributed by atoms with E-state index < -0.39 is 0 Å². The lowest BCUT2D eigenvalue weighted by atomic mass is 9.93. The molecule has 0 spiro atoms. The lowest BCUT2D eigenvalue weighted by molar-refractivity contribution is 0.620. The van der Waals surface area contributed by atoms with Gasteiger partial charge in [-0.3, -0.25) is 0 Å². The fourth-order valence-corrected chi connectivity index (χ4v) is 9.71. The molecule has 4 heterocycles. The van der Waals surface area contributed by atoms with E-state index in [2.05, 4.69) is 103 Å². The van der Waals surface area contributed by atoms with Gasteiger partial charge in [-0.2, -0.15) is 0 Å². The van der Waals surface area contributed by atoms with Crippen molar-refractivity contribution in [3.63, 3.8) is 0 Å². The summed E-state index contributed by atoms with van der Waals surface area (Å²) in [6.45, 7) is 0. The summed E-state index contributed by atoms with van der Waals surface area (Å²) in [5, 5.41) is 9.94. The summed E-state index contributed by atoms with van der Waals surface area (Å²) in [7, 11) is 0. The Kier molecular flexibility index (Phi) is 7.34. The molecule has 61 heavy (non-hydrogen) atoms. The van der Waals surface area contributed by atoms with Crippen LogP contribution in [0.25, 0.3) is 132 Å². The monoisotopic (exact) mass is 799 g/mol. The maximum atomic E-state index is 6.38. The van der Waals surface area contributed by atoms with Crippen molar-refractivity contribution in [2.24, 2.45) is 0 Å². The Morgan fingerprint density at radius 2 is 0.934 bits per heavy atom. The van der Waals surface area contributed by atoms with E-state index in [1.165, 1.54) is 26.9 Å². The van der Waals surface area contributed by atoms with Gasteiger partial charge in [0.1, 0.15) is 21.7 Å². The van der Waals surface area contributed by atoms with Crippen molar-refractivity contribution in [3.05, 3.63) is 176 Å². The van der Waals surface area contributed by atoms with Crippen molar-refractivity contribution in [2.75, 3.05) is 0 Å². The highest BCUT2D eigenvalue weighted by atomic mass is 32.1. The van der Waals surface area contributed by atoms with Crippen LogP contribution in [0.4, 0.5) is 0 Å². The molecule has 0 radical (unpaired) electrons. The minimum atomic E-state index is 0.503. The van der Waals surface area contributed by atoms with E-state index in [0.717, 1.165) is 75.9 Å². The number of para-hydroxylation sites is 4. The molecular weight excluding hydrogens is 771 g/mol. The minimum absolute atomic E-state index is 0.503. The number of oxazole rings is 1. The molecule has 0 aliphatic carbocycles. The van der Waals surface area contributed by atoms with E-state index in [-0.39, 0.29) is 0 Å². The predicted molar refractivity (Wildman–Crippen MR) is 248 cm³/mol. The van der Waals surface area contributed by atoms with Gasteiger partial charge in [0.15, 0.2) is 23.1 Å². The van der Waals surface area contributed by atoms with E-state index in [1.54, 1.807) is 11.3 Å². The number of furan rings is 1. The first-order valence-corrected chi connectivity index (χ1v) is 20.9. The summed E-state index contributed by atoms with van der Waals surface area (Å²) in [5.74, 6) is 2.10. The van der Waals surface area contributed by atoms with Gasteiger partial charge in [-0.15, -0.1) is 11.3 Å². The molecule has 0 unspecified atom stereocenters. The van der Waals surface area contributed by atoms with Gasteiger partial charge in [0.05, 0.1) is 10.2 Å². The summed E-state index contributed by atoms with van der Waals surface area (Å²) >= 11 is 1.64. The zero-order valence-corrected chi connectivity index (χ0v) is 33.0. The zero-order chi connectivity index (χ0) is 40.0. The van der Waals surface area contributed by atoms with Gasteiger partial charge in [-0.1, -0.05) is 115 Å². The van der Waals surface area contributed by atoms with Crippen LogP contribution in [0.3, 0.4) is 0 Å². The molecule has 0 aliphatic rings. The molecule has 8 heteroatoms. The molecule has 0 amide bonds. The van der Waals surface area contributed by atoms with E-state index >= 15 is 0 Å². The zero-order valence-electron chi connectivity index (χ0n) is 32.2. The van der Waals surface area contributed by atoms with Crippen LogP contribution in [0.5, 0.6) is 0 Å². The maximum Gasteiger partial charge on any atom is 0.227 e. The average Bonchev–Trinajstić information content (AvgIpc) is 4.07. The fraction of sp³-hybridized carbons (Fsp3) is 0. The average molecular weight is 800 g/mol. The Morgan fingerprint density at radius 1 is 0.344 bits per heavy atom. The molecule has 284 valence electrons. The van der Waals surface area contributed by atoms with Crippen LogP contribution in [-0.2, 0) is 0 Å². The quantitative estimate of drug-likeness (QED) is 0.160. The molecular formula is C53H29N5O2S. The lowest BCUT2D eigenvalue weighted by Crippen LogP contribution is -2.01. The molecule has 0 N–H and O–H groups in total. The number of benzene rings is 9. The Balaban J connectivity index is 1.09. The highest BCUT2D eigenvalue weighted by Gasteiger charge is 2.21. The van der Waals surface area contributed by atoms with Crippen molar-refractivity contribution >= 4 is 86.9 Å². The van der Waals surface area contributed by atoms with Crippen molar-refractivity contribution in [2.45, 2.75) is 0 Å². The van der Waals surface area contributed by atoms with E-state index in [4.69, 9.17) is 33.8 Å². The topological polar surface area (TPSA) is 90.7 Å². The molecule has 7 nitrogen and oxygen atoms in total. The molecule has 0 atom stereocenters. The molecule has 0 bridgehead atoms. The minimum Gasteiger partial charge on any atom is -0.456 e. The van der Waals surface area contributed by atoms with Gasteiger partial charge in [0.25, 0.3) is 0 Å². The molecule has 9 aromatic carbocycles. The van der Waals surface area contributed by atoms with Gasteiger partial charge in [0, 0.05) is 38.6 Å². The second-order valence-electron chi connectivity index (χ2n) is 15.2. The third-order valence-electron chi connectivity index (χ3n) is 11.6. The van der Waals surface area contributed by atoms with E-state index in [9.17, 15) is 0 Å². The SMILES string of the molecule is c1ccc2oc(-c3cc(-c4nc(-c5ccc6c7ccccc7c7ccccc7c6c5)nc(-c5cccc6oc7ccccc7c56)n4)cc(-c4nc5ccccc5s4)c3)nc2c1. The number of nitrogens with zero attached hydrogens (tertiary/aromatic N) is 5. The highest BCUT2D eigenvalue weighted by molar-refractivity contribution is 7.21. The number of thiazole rings is 1. The number of aromatic nitrogens is 5. The third-order valence-corrected chi connectivity index (χ3v) is 12.6. The van der Waals surface area contributed by atoms with Crippen LogP contribution in [0.15, 0.2) is 185 Å². The molecule has 13 rings (SSSR count). The fourth-order valence-electron chi connectivity index (χ4n) is 8.76. The number of hydrogen-bond donors (Lipinski definition) is 0. The number of rotatable bonds is 5. The second kappa shape index (κ2) is 13.2. The van der Waals surface area contributed by atoms with E-state index in [1.807, 2.05) is 72.8 Å². The van der Waals surface area contributed by atoms with Crippen LogP contribution in [0, 0.1) is 0 Å². The van der Waals surface area contributed by atoms with Crippen molar-refractivity contribution < 1.29 is 8.83 Å². The molecule has 0 saturated carbocycles. The number of fused-ring (bicyclic) bond motifs is 11. The van der Waals surface area contributed by atoms with Gasteiger partial charge < -0.3 is 8.83 Å². The van der Waals surface area contributed by atoms with Crippen LogP contribution in [0.1, 0.15) is 0 Å². The molecule has 13 aromatic rings. The lowest BCUT2D eigenvalue weighted by Gasteiger charge is -2.13. The third kappa shape index (κ3) is 5.46. The standard InChI is InChI=1S/C53H29N5O2S/c1-2-14-36-34(12-1)35-13-3-4-15-37(35)41-29-30(24-25-38(36)41)49-56-50(58-51(57-49)40-17-11-22-46-48(40)39-16-5-8-20-44(39)59-46)31-26-32(52-54-42-18-6-9-21-45(42)60-52)28-33(27-31)53-55-43-19-7-10-23-47(43)61-53/h1-29H. The summed E-state index contributed by atoms with van der Waals surface area (Å²) in [4.78, 5) is 25.9. The van der Waals surface area contributed by atoms with Crippen LogP contribution in [-0.4, -0.2) is 24.9 Å². The van der Waals surface area contributed by atoms with Crippen LogP contribution >= 0.6 is 11.3 Å². The summed E-state index contributed by atoms with van der Waals surface area (Å²) in [6, 6.07) is 60.2. The summed E-state index contributed by atoms with van der Waals surface area (Å²) < 4.78 is 13.8. The van der Waals surface area contributed by atoms with Gasteiger partial charge >= 0.3 is 0 Å². The Labute approximate surface area is 351 Å². The predicted octanol–water partition coefficient (Wildman–Crippen LogP) is 14.3. The van der Waals surface area contributed by atoms with Crippen molar-refractivity contribution in [3.8, 4) is 56.2 Å². The van der Waals surface area contributed by atoms with Crippen LogP contribution in [0.2, 0.25) is 0 Å². The largest absolute Gasteiger partial charge is 0.456 e. The number of hydrogen-bond acceptors (Lipinski definition) is 8. The van der Waals surface area contributed by atoms with Gasteiger partial charge in [-0.05, 0) is 93.0 Å². The highest BCUT2D eigenvalue weighted by Crippen LogP contribution is 2.41. The molecule has 0 saturated heterocycles.